The lowest BCUT2D eigenvalue weighted by Gasteiger charge is -2.17. The van der Waals surface area contributed by atoms with E-state index in [1.54, 1.807) is 12.1 Å². The third kappa shape index (κ3) is 3.38. The first-order valence-electron chi connectivity index (χ1n) is 4.07. The average molecular weight is 368 g/mol. The SMILES string of the molecule is FC(F)C(F)(F)COc1c(Cl)cccc1I. The van der Waals surface area contributed by atoms with Gasteiger partial charge in [-0.15, -0.1) is 0 Å². The van der Waals surface area contributed by atoms with Gasteiger partial charge in [-0.25, -0.2) is 8.78 Å². The Kier molecular flexibility index (Phi) is 4.66. The number of hydrogen-bond acceptors (Lipinski definition) is 1. The maximum Gasteiger partial charge on any atom is 0.340 e. The summed E-state index contributed by atoms with van der Waals surface area (Å²) in [6.45, 7) is -1.40. The van der Waals surface area contributed by atoms with Crippen molar-refractivity contribution < 1.29 is 22.3 Å². The van der Waals surface area contributed by atoms with Gasteiger partial charge in [0.2, 0.25) is 0 Å². The minimum absolute atomic E-state index is 0.00917. The first-order chi connectivity index (χ1) is 7.34. The molecule has 0 aliphatic rings. The van der Waals surface area contributed by atoms with Gasteiger partial charge in [0, 0.05) is 0 Å². The van der Waals surface area contributed by atoms with Gasteiger partial charge in [0.1, 0.15) is 0 Å². The topological polar surface area (TPSA) is 9.23 Å². The summed E-state index contributed by atoms with van der Waals surface area (Å²) < 4.78 is 54.0. The maximum absolute atomic E-state index is 12.6. The monoisotopic (exact) mass is 368 g/mol. The van der Waals surface area contributed by atoms with Gasteiger partial charge < -0.3 is 4.74 Å². The van der Waals surface area contributed by atoms with Gasteiger partial charge in [-0.2, -0.15) is 8.78 Å². The fourth-order valence-electron chi connectivity index (χ4n) is 0.852. The molecule has 0 bridgehead atoms. The van der Waals surface area contributed by atoms with Crippen LogP contribution in [0.2, 0.25) is 5.02 Å². The molecule has 0 radical (unpaired) electrons. The van der Waals surface area contributed by atoms with Crippen molar-refractivity contribution in [2.75, 3.05) is 6.61 Å². The number of hydrogen-bond donors (Lipinski definition) is 0. The Bertz CT molecular complexity index is 352. The molecule has 0 heterocycles. The molecule has 7 heteroatoms. The van der Waals surface area contributed by atoms with Gasteiger partial charge >= 0.3 is 12.3 Å². The van der Waals surface area contributed by atoms with E-state index in [1.165, 1.54) is 6.07 Å². The second-order valence-corrected chi connectivity index (χ2v) is 4.47. The van der Waals surface area contributed by atoms with Crippen LogP contribution in [-0.4, -0.2) is 19.0 Å². The van der Waals surface area contributed by atoms with Crippen LogP contribution in [0.3, 0.4) is 0 Å². The number of halogens is 6. The standard InChI is InChI=1S/C9H6ClF4IO/c10-5-2-1-3-6(15)7(5)16-4-9(13,14)8(11)12/h1-3,8H,4H2. The Labute approximate surface area is 108 Å². The molecule has 16 heavy (non-hydrogen) atoms. The highest BCUT2D eigenvalue weighted by molar-refractivity contribution is 14.1. The van der Waals surface area contributed by atoms with Crippen molar-refractivity contribution in [2.24, 2.45) is 0 Å². The largest absolute Gasteiger partial charge is 0.484 e. The van der Waals surface area contributed by atoms with Crippen LogP contribution in [0.25, 0.3) is 0 Å². The summed E-state index contributed by atoms with van der Waals surface area (Å²) in [5.74, 6) is -4.19. The van der Waals surface area contributed by atoms with Gasteiger partial charge in [-0.3, -0.25) is 0 Å². The van der Waals surface area contributed by atoms with Gasteiger partial charge in [-0.1, -0.05) is 17.7 Å². The molecule has 0 atom stereocenters. The molecule has 0 saturated carbocycles. The third-order valence-corrected chi connectivity index (χ3v) is 2.79. The van der Waals surface area contributed by atoms with E-state index >= 15 is 0 Å². The van der Waals surface area contributed by atoms with E-state index < -0.39 is 19.0 Å². The summed E-state index contributed by atoms with van der Waals surface area (Å²) in [4.78, 5) is 0. The molecule has 0 fully saturated rings. The molecule has 0 unspecified atom stereocenters. The van der Waals surface area contributed by atoms with Crippen molar-refractivity contribution in [3.05, 3.63) is 26.8 Å². The molecular weight excluding hydrogens is 362 g/mol. The Hall–Kier alpha value is -0.240. The smallest absolute Gasteiger partial charge is 0.340 e. The summed E-state index contributed by atoms with van der Waals surface area (Å²) in [5, 5.41) is 0.108. The van der Waals surface area contributed by atoms with Crippen LogP contribution < -0.4 is 4.74 Å². The maximum atomic E-state index is 12.6. The van der Waals surface area contributed by atoms with E-state index in [4.69, 9.17) is 11.6 Å². The summed E-state index contributed by atoms with van der Waals surface area (Å²) in [6.07, 6.45) is -3.76. The van der Waals surface area contributed by atoms with Crippen molar-refractivity contribution in [1.29, 1.82) is 0 Å². The van der Waals surface area contributed by atoms with Gasteiger partial charge in [-0.05, 0) is 34.7 Å². The molecule has 0 aliphatic carbocycles. The van der Waals surface area contributed by atoms with Gasteiger partial charge in [0.05, 0.1) is 8.59 Å². The van der Waals surface area contributed by atoms with E-state index in [2.05, 4.69) is 4.74 Å². The minimum Gasteiger partial charge on any atom is -0.484 e. The second-order valence-electron chi connectivity index (χ2n) is 2.90. The molecular formula is C9H6ClF4IO. The highest BCUT2D eigenvalue weighted by atomic mass is 127. The Morgan fingerprint density at radius 2 is 2.00 bits per heavy atom. The summed E-state index contributed by atoms with van der Waals surface area (Å²) in [7, 11) is 0. The summed E-state index contributed by atoms with van der Waals surface area (Å²) in [5.41, 5.74) is 0. The molecule has 0 aliphatic heterocycles. The first-order valence-corrected chi connectivity index (χ1v) is 5.53. The molecule has 1 rings (SSSR count). The molecule has 0 amide bonds. The van der Waals surface area contributed by atoms with E-state index in [1.807, 2.05) is 22.6 Å². The van der Waals surface area contributed by atoms with Crippen molar-refractivity contribution in [3.63, 3.8) is 0 Å². The van der Waals surface area contributed by atoms with E-state index in [9.17, 15) is 17.6 Å². The van der Waals surface area contributed by atoms with E-state index in [-0.39, 0.29) is 10.8 Å². The number of rotatable bonds is 4. The Morgan fingerprint density at radius 1 is 1.38 bits per heavy atom. The van der Waals surface area contributed by atoms with Crippen LogP contribution >= 0.6 is 34.2 Å². The molecule has 0 saturated heterocycles. The molecule has 90 valence electrons. The normalized spacial score (nSPS) is 11.9. The number of benzene rings is 1. The number of alkyl halides is 4. The predicted molar refractivity (Wildman–Crippen MR) is 60.6 cm³/mol. The van der Waals surface area contributed by atoms with Crippen LogP contribution in [0.5, 0.6) is 5.75 Å². The molecule has 0 aromatic heterocycles. The first kappa shape index (κ1) is 13.8. The minimum atomic E-state index is -4.18. The van der Waals surface area contributed by atoms with Crippen LogP contribution in [0.15, 0.2) is 18.2 Å². The summed E-state index contributed by atoms with van der Waals surface area (Å²) >= 11 is 7.49. The molecule has 1 nitrogen and oxygen atoms in total. The van der Waals surface area contributed by atoms with Crippen molar-refractivity contribution >= 4 is 34.2 Å². The summed E-state index contributed by atoms with van der Waals surface area (Å²) in [6, 6.07) is 4.60. The van der Waals surface area contributed by atoms with E-state index in [0.29, 0.717) is 3.57 Å². The van der Waals surface area contributed by atoms with Crippen LogP contribution in [0.4, 0.5) is 17.6 Å². The van der Waals surface area contributed by atoms with Crippen LogP contribution in [0.1, 0.15) is 0 Å². The Morgan fingerprint density at radius 3 is 2.50 bits per heavy atom. The Balaban J connectivity index is 2.75. The zero-order valence-corrected chi connectivity index (χ0v) is 10.6. The highest BCUT2D eigenvalue weighted by Gasteiger charge is 2.42. The highest BCUT2D eigenvalue weighted by Crippen LogP contribution is 2.32. The number of para-hydroxylation sites is 1. The molecule has 0 spiro atoms. The van der Waals surface area contributed by atoms with E-state index in [0.717, 1.165) is 0 Å². The lowest BCUT2D eigenvalue weighted by Crippen LogP contribution is -2.33. The molecule has 1 aromatic carbocycles. The fourth-order valence-corrected chi connectivity index (χ4v) is 1.89. The number of ether oxygens (including phenoxy) is 1. The van der Waals surface area contributed by atoms with Crippen molar-refractivity contribution in [3.8, 4) is 5.75 Å². The molecule has 1 aromatic rings. The fraction of sp³-hybridized carbons (Fsp3) is 0.333. The van der Waals surface area contributed by atoms with Crippen LogP contribution in [0, 0.1) is 3.57 Å². The quantitative estimate of drug-likeness (QED) is 0.571. The lowest BCUT2D eigenvalue weighted by atomic mass is 10.3. The van der Waals surface area contributed by atoms with Crippen molar-refractivity contribution in [2.45, 2.75) is 12.3 Å². The zero-order valence-electron chi connectivity index (χ0n) is 7.69. The zero-order chi connectivity index (χ0) is 12.3. The molecule has 0 N–H and O–H groups in total. The van der Waals surface area contributed by atoms with Crippen LogP contribution in [-0.2, 0) is 0 Å². The van der Waals surface area contributed by atoms with Gasteiger partial charge in [0.15, 0.2) is 12.4 Å². The average Bonchev–Trinajstić information content (AvgIpc) is 2.16. The van der Waals surface area contributed by atoms with Crippen molar-refractivity contribution in [1.82, 2.24) is 0 Å². The van der Waals surface area contributed by atoms with Gasteiger partial charge in [0.25, 0.3) is 0 Å². The third-order valence-electron chi connectivity index (χ3n) is 1.65. The lowest BCUT2D eigenvalue weighted by molar-refractivity contribution is -0.148. The second kappa shape index (κ2) is 5.39. The predicted octanol–water partition coefficient (Wildman–Crippen LogP) is 4.22.